The number of nitrogens with two attached hydrogens (primary N) is 1. The first kappa shape index (κ1) is 12.0. The number of carbonyl (C=O) groups is 1. The number of rotatable bonds is 4. The molecule has 0 unspecified atom stereocenters. The van der Waals surface area contributed by atoms with Crippen molar-refractivity contribution in [1.82, 2.24) is 4.90 Å². The fourth-order valence-electron chi connectivity index (χ4n) is 2.28. The van der Waals surface area contributed by atoms with Crippen LogP contribution in [0.4, 0.5) is 0 Å². The molecule has 4 heteroatoms. The van der Waals surface area contributed by atoms with Gasteiger partial charge in [0.05, 0.1) is 17.9 Å². The molecule has 1 amide bonds. The number of nitriles is 1. The van der Waals surface area contributed by atoms with E-state index in [0.717, 1.165) is 25.7 Å². The van der Waals surface area contributed by atoms with Crippen LogP contribution in [0.5, 0.6) is 0 Å². The smallest absolute Gasteiger partial charge is 0.229 e. The highest BCUT2D eigenvalue weighted by Crippen LogP contribution is 2.38. The van der Waals surface area contributed by atoms with Crippen molar-refractivity contribution in [3.63, 3.8) is 0 Å². The summed E-state index contributed by atoms with van der Waals surface area (Å²) in [4.78, 5) is 13.8. The van der Waals surface area contributed by atoms with Gasteiger partial charge in [0.25, 0.3) is 0 Å². The molecule has 0 aromatic rings. The van der Waals surface area contributed by atoms with E-state index in [1.165, 1.54) is 0 Å². The minimum Gasteiger partial charge on any atom is -0.344 e. The van der Waals surface area contributed by atoms with Crippen molar-refractivity contribution < 1.29 is 4.79 Å². The van der Waals surface area contributed by atoms with Gasteiger partial charge >= 0.3 is 0 Å². The highest BCUT2D eigenvalue weighted by molar-refractivity contribution is 5.83. The van der Waals surface area contributed by atoms with Crippen molar-refractivity contribution in [2.75, 3.05) is 20.1 Å². The standard InChI is InChI=1S/C11H19N3O/c1-14(8-4-7-12)10(15)11(9-13)5-2-3-6-11/h2-6,8-9,13H2,1H3. The molecule has 0 aliphatic heterocycles. The van der Waals surface area contributed by atoms with Gasteiger partial charge in [0.1, 0.15) is 0 Å². The zero-order chi connectivity index (χ0) is 11.3. The van der Waals surface area contributed by atoms with Gasteiger partial charge in [-0.1, -0.05) is 12.8 Å². The molecule has 0 bridgehead atoms. The van der Waals surface area contributed by atoms with Crippen molar-refractivity contribution in [2.45, 2.75) is 32.1 Å². The molecule has 0 spiro atoms. The van der Waals surface area contributed by atoms with E-state index >= 15 is 0 Å². The van der Waals surface area contributed by atoms with Gasteiger partial charge in [0.15, 0.2) is 0 Å². The van der Waals surface area contributed by atoms with Gasteiger partial charge in [-0.05, 0) is 12.8 Å². The summed E-state index contributed by atoms with van der Waals surface area (Å²) in [5, 5.41) is 8.47. The third-order valence-electron chi connectivity index (χ3n) is 3.31. The lowest BCUT2D eigenvalue weighted by atomic mass is 9.85. The van der Waals surface area contributed by atoms with Crippen molar-refractivity contribution in [3.8, 4) is 6.07 Å². The Morgan fingerprint density at radius 2 is 2.13 bits per heavy atom. The van der Waals surface area contributed by atoms with Gasteiger partial charge < -0.3 is 10.6 Å². The molecule has 1 aliphatic carbocycles. The van der Waals surface area contributed by atoms with E-state index in [1.54, 1.807) is 11.9 Å². The first-order valence-electron chi connectivity index (χ1n) is 5.49. The molecular formula is C11H19N3O. The van der Waals surface area contributed by atoms with Crippen molar-refractivity contribution in [2.24, 2.45) is 11.1 Å². The summed E-state index contributed by atoms with van der Waals surface area (Å²) in [5.74, 6) is 0.123. The fourth-order valence-corrected chi connectivity index (χ4v) is 2.28. The number of carbonyl (C=O) groups excluding carboxylic acids is 1. The largest absolute Gasteiger partial charge is 0.344 e. The average Bonchev–Trinajstić information content (AvgIpc) is 2.74. The van der Waals surface area contributed by atoms with Gasteiger partial charge in [-0.15, -0.1) is 0 Å². The van der Waals surface area contributed by atoms with Crippen LogP contribution in [0.2, 0.25) is 0 Å². The van der Waals surface area contributed by atoms with Gasteiger partial charge in [-0.2, -0.15) is 5.26 Å². The third-order valence-corrected chi connectivity index (χ3v) is 3.31. The Morgan fingerprint density at radius 1 is 1.53 bits per heavy atom. The second-order valence-corrected chi connectivity index (χ2v) is 4.33. The summed E-state index contributed by atoms with van der Waals surface area (Å²) in [5.41, 5.74) is 5.39. The molecule has 0 radical (unpaired) electrons. The van der Waals surface area contributed by atoms with Crippen LogP contribution in [0, 0.1) is 16.7 Å². The molecule has 1 saturated carbocycles. The molecule has 0 heterocycles. The van der Waals surface area contributed by atoms with E-state index < -0.39 is 0 Å². The lowest BCUT2D eigenvalue weighted by Crippen LogP contribution is -2.45. The summed E-state index contributed by atoms with van der Waals surface area (Å²) < 4.78 is 0. The number of nitrogens with zero attached hydrogens (tertiary/aromatic N) is 2. The monoisotopic (exact) mass is 209 g/mol. The number of hydrogen-bond acceptors (Lipinski definition) is 3. The summed E-state index contributed by atoms with van der Waals surface area (Å²) in [6, 6.07) is 2.05. The maximum Gasteiger partial charge on any atom is 0.229 e. The molecule has 1 aliphatic rings. The first-order valence-corrected chi connectivity index (χ1v) is 5.49. The van der Waals surface area contributed by atoms with E-state index in [1.807, 2.05) is 6.07 Å². The van der Waals surface area contributed by atoms with Crippen LogP contribution < -0.4 is 5.73 Å². The molecule has 15 heavy (non-hydrogen) atoms. The predicted molar refractivity (Wildman–Crippen MR) is 57.8 cm³/mol. The van der Waals surface area contributed by atoms with Crippen molar-refractivity contribution >= 4 is 5.91 Å². The quantitative estimate of drug-likeness (QED) is 0.747. The molecule has 1 fully saturated rings. The highest BCUT2D eigenvalue weighted by Gasteiger charge is 2.41. The van der Waals surface area contributed by atoms with Gasteiger partial charge in [-0.3, -0.25) is 4.79 Å². The van der Waals surface area contributed by atoms with Crippen LogP contribution in [0.1, 0.15) is 32.1 Å². The first-order chi connectivity index (χ1) is 7.16. The van der Waals surface area contributed by atoms with Crippen LogP contribution in [0.3, 0.4) is 0 Å². The molecule has 1 rings (SSSR count). The minimum absolute atomic E-state index is 0.123. The number of hydrogen-bond donors (Lipinski definition) is 1. The Balaban J connectivity index is 2.61. The SMILES string of the molecule is CN(CCC#N)C(=O)C1(CN)CCCC1. The van der Waals surface area contributed by atoms with E-state index in [-0.39, 0.29) is 11.3 Å². The molecule has 2 N–H and O–H groups in total. The van der Waals surface area contributed by atoms with Crippen LogP contribution in [-0.4, -0.2) is 30.9 Å². The van der Waals surface area contributed by atoms with E-state index in [0.29, 0.717) is 19.5 Å². The molecule has 0 aromatic heterocycles. The lowest BCUT2D eigenvalue weighted by Gasteiger charge is -2.30. The molecule has 84 valence electrons. The Labute approximate surface area is 91.0 Å². The van der Waals surface area contributed by atoms with Crippen LogP contribution in [0.15, 0.2) is 0 Å². The predicted octanol–water partition coefficient (Wildman–Crippen LogP) is 0.878. The number of amides is 1. The molecule has 0 atom stereocenters. The van der Waals surface area contributed by atoms with Gasteiger partial charge in [0.2, 0.25) is 5.91 Å². The summed E-state index contributed by atoms with van der Waals surface area (Å²) in [6.45, 7) is 0.944. The summed E-state index contributed by atoms with van der Waals surface area (Å²) in [7, 11) is 1.76. The lowest BCUT2D eigenvalue weighted by molar-refractivity contribution is -0.139. The Bertz CT molecular complexity index is 263. The normalized spacial score (nSPS) is 18.5. The highest BCUT2D eigenvalue weighted by atomic mass is 16.2. The van der Waals surface area contributed by atoms with Crippen molar-refractivity contribution in [3.05, 3.63) is 0 Å². The average molecular weight is 209 g/mol. The van der Waals surface area contributed by atoms with E-state index in [4.69, 9.17) is 11.0 Å². The molecular weight excluding hydrogens is 190 g/mol. The van der Waals surface area contributed by atoms with Crippen LogP contribution >= 0.6 is 0 Å². The third kappa shape index (κ3) is 2.48. The molecule has 0 saturated heterocycles. The second kappa shape index (κ2) is 5.13. The Hall–Kier alpha value is -1.08. The van der Waals surface area contributed by atoms with E-state index in [9.17, 15) is 4.79 Å². The Kier molecular flexibility index (Phi) is 4.10. The topological polar surface area (TPSA) is 70.1 Å². The summed E-state index contributed by atoms with van der Waals surface area (Å²) >= 11 is 0. The van der Waals surface area contributed by atoms with Crippen LogP contribution in [-0.2, 0) is 4.79 Å². The second-order valence-electron chi connectivity index (χ2n) is 4.33. The van der Waals surface area contributed by atoms with E-state index in [2.05, 4.69) is 0 Å². The Morgan fingerprint density at radius 3 is 2.60 bits per heavy atom. The maximum atomic E-state index is 12.1. The maximum absolute atomic E-state index is 12.1. The fraction of sp³-hybridized carbons (Fsp3) is 0.818. The van der Waals surface area contributed by atoms with Gasteiger partial charge in [0, 0.05) is 20.1 Å². The van der Waals surface area contributed by atoms with Crippen LogP contribution in [0.25, 0.3) is 0 Å². The summed E-state index contributed by atoms with van der Waals surface area (Å²) in [6.07, 6.45) is 4.38. The molecule has 4 nitrogen and oxygen atoms in total. The zero-order valence-electron chi connectivity index (χ0n) is 9.33. The minimum atomic E-state index is -0.329. The zero-order valence-corrected chi connectivity index (χ0v) is 9.33. The van der Waals surface area contributed by atoms with Crippen molar-refractivity contribution in [1.29, 1.82) is 5.26 Å². The van der Waals surface area contributed by atoms with Gasteiger partial charge in [-0.25, -0.2) is 0 Å². The molecule has 0 aromatic carbocycles.